The third-order valence-corrected chi connectivity index (χ3v) is 4.35. The van der Waals surface area contributed by atoms with Gasteiger partial charge in [0.05, 0.1) is 11.6 Å². The van der Waals surface area contributed by atoms with Crippen molar-refractivity contribution in [3.05, 3.63) is 62.0 Å². The minimum Gasteiger partial charge on any atom is -0.495 e. The first-order valence-corrected chi connectivity index (χ1v) is 8.56. The Balaban J connectivity index is 2.38. The Morgan fingerprint density at radius 1 is 1.29 bits per heavy atom. The number of carbonyl (C=O) groups is 1. The van der Waals surface area contributed by atoms with E-state index in [0.29, 0.717) is 17.0 Å². The molecule has 4 nitrogen and oxygen atoms in total. The third-order valence-electron chi connectivity index (χ3n) is 3.30. The second-order valence-corrected chi connectivity index (χ2v) is 6.72. The molecule has 0 aliphatic rings. The largest absolute Gasteiger partial charge is 0.495 e. The number of nitriles is 1. The fourth-order valence-corrected chi connectivity index (χ4v) is 3.53. The number of amides is 1. The molecule has 2 rings (SSSR count). The normalized spacial score (nSPS) is 10.9. The van der Waals surface area contributed by atoms with Crippen molar-refractivity contribution in [1.82, 2.24) is 0 Å². The highest BCUT2D eigenvalue weighted by molar-refractivity contribution is 9.11. The summed E-state index contributed by atoms with van der Waals surface area (Å²) in [5.74, 6) is 0.0830. The van der Waals surface area contributed by atoms with E-state index in [2.05, 4.69) is 37.2 Å². The number of carbonyl (C=O) groups excluding carboxylic acids is 1. The maximum Gasteiger partial charge on any atom is 0.266 e. The van der Waals surface area contributed by atoms with Crippen LogP contribution in [0.3, 0.4) is 0 Å². The highest BCUT2D eigenvalue weighted by atomic mass is 79.9. The van der Waals surface area contributed by atoms with Crippen molar-refractivity contribution in [3.63, 3.8) is 0 Å². The highest BCUT2D eigenvalue weighted by Crippen LogP contribution is 2.34. The number of nitrogens with one attached hydrogen (secondary N) is 1. The van der Waals surface area contributed by atoms with E-state index < -0.39 is 5.91 Å². The number of aryl methyl sites for hydroxylation is 1. The highest BCUT2D eigenvalue weighted by Gasteiger charge is 2.14. The van der Waals surface area contributed by atoms with Gasteiger partial charge in [-0.3, -0.25) is 4.79 Å². The van der Waals surface area contributed by atoms with Gasteiger partial charge in [-0.25, -0.2) is 0 Å². The standard InChI is InChI=1S/C18H14Br2N2O2/c1-11-5-3-4-6-16(11)22-18(23)13(10-21)7-12-8-14(19)9-15(20)17(12)24-2/h3-9H,1-2H3,(H,22,23). The molecule has 1 N–H and O–H groups in total. The molecule has 0 fully saturated rings. The van der Waals surface area contributed by atoms with E-state index in [9.17, 15) is 10.1 Å². The van der Waals surface area contributed by atoms with Gasteiger partial charge in [0, 0.05) is 15.7 Å². The van der Waals surface area contributed by atoms with Crippen molar-refractivity contribution in [2.45, 2.75) is 6.92 Å². The van der Waals surface area contributed by atoms with Gasteiger partial charge in [-0.05, 0) is 52.7 Å². The van der Waals surface area contributed by atoms with Crippen LogP contribution in [0.1, 0.15) is 11.1 Å². The lowest BCUT2D eigenvalue weighted by Crippen LogP contribution is -2.14. The summed E-state index contributed by atoms with van der Waals surface area (Å²) < 4.78 is 6.87. The average Bonchev–Trinajstić information content (AvgIpc) is 2.54. The minimum atomic E-state index is -0.468. The Kier molecular flexibility index (Phi) is 6.18. The molecule has 0 spiro atoms. The molecule has 0 radical (unpaired) electrons. The lowest BCUT2D eigenvalue weighted by molar-refractivity contribution is -0.112. The smallest absolute Gasteiger partial charge is 0.266 e. The van der Waals surface area contributed by atoms with E-state index in [0.717, 1.165) is 14.5 Å². The Bertz CT molecular complexity index is 855. The predicted molar refractivity (Wildman–Crippen MR) is 102 cm³/mol. The van der Waals surface area contributed by atoms with Crippen LogP contribution in [-0.2, 0) is 4.79 Å². The van der Waals surface area contributed by atoms with Crippen molar-refractivity contribution in [2.75, 3.05) is 12.4 Å². The molecule has 24 heavy (non-hydrogen) atoms. The molecular formula is C18H14Br2N2O2. The van der Waals surface area contributed by atoms with Gasteiger partial charge in [0.25, 0.3) is 5.91 Å². The summed E-state index contributed by atoms with van der Waals surface area (Å²) >= 11 is 6.79. The van der Waals surface area contributed by atoms with E-state index in [4.69, 9.17) is 4.74 Å². The number of anilines is 1. The summed E-state index contributed by atoms with van der Waals surface area (Å²) in [5, 5.41) is 12.1. The van der Waals surface area contributed by atoms with Gasteiger partial charge in [-0.15, -0.1) is 0 Å². The molecule has 2 aromatic rings. The van der Waals surface area contributed by atoms with Crippen LogP contribution in [0.2, 0.25) is 0 Å². The lowest BCUT2D eigenvalue weighted by Gasteiger charge is -2.10. The monoisotopic (exact) mass is 448 g/mol. The molecule has 0 atom stereocenters. The number of ether oxygens (including phenoxy) is 1. The van der Waals surface area contributed by atoms with Crippen molar-refractivity contribution >= 4 is 49.5 Å². The number of nitrogens with zero attached hydrogens (tertiary/aromatic N) is 1. The Morgan fingerprint density at radius 2 is 2.00 bits per heavy atom. The molecule has 0 aromatic heterocycles. The van der Waals surface area contributed by atoms with Crippen LogP contribution >= 0.6 is 31.9 Å². The van der Waals surface area contributed by atoms with Crippen LogP contribution < -0.4 is 10.1 Å². The first-order valence-electron chi connectivity index (χ1n) is 6.98. The number of rotatable bonds is 4. The van der Waals surface area contributed by atoms with Crippen LogP contribution in [0, 0.1) is 18.3 Å². The zero-order valence-corrected chi connectivity index (χ0v) is 16.2. The third kappa shape index (κ3) is 4.25. The molecule has 6 heteroatoms. The second kappa shape index (κ2) is 8.13. The second-order valence-electron chi connectivity index (χ2n) is 4.95. The van der Waals surface area contributed by atoms with Crippen molar-refractivity contribution in [1.29, 1.82) is 5.26 Å². The fraction of sp³-hybridized carbons (Fsp3) is 0.111. The summed E-state index contributed by atoms with van der Waals surface area (Å²) in [6.07, 6.45) is 1.50. The van der Waals surface area contributed by atoms with E-state index in [-0.39, 0.29) is 5.57 Å². The van der Waals surface area contributed by atoms with E-state index >= 15 is 0 Å². The van der Waals surface area contributed by atoms with Crippen LogP contribution in [0.5, 0.6) is 5.75 Å². The first-order chi connectivity index (χ1) is 11.5. The number of para-hydroxylation sites is 1. The quantitative estimate of drug-likeness (QED) is 0.523. The van der Waals surface area contributed by atoms with Crippen LogP contribution in [0.25, 0.3) is 6.08 Å². The summed E-state index contributed by atoms with van der Waals surface area (Å²) in [5.41, 5.74) is 2.20. The number of hydrogen-bond acceptors (Lipinski definition) is 3. The molecule has 0 saturated heterocycles. The number of halogens is 2. The minimum absolute atomic E-state index is 0.0125. The summed E-state index contributed by atoms with van der Waals surface area (Å²) in [7, 11) is 1.53. The van der Waals surface area contributed by atoms with Crippen LogP contribution in [0.4, 0.5) is 5.69 Å². The topological polar surface area (TPSA) is 62.1 Å². The van der Waals surface area contributed by atoms with Gasteiger partial charge in [-0.2, -0.15) is 5.26 Å². The van der Waals surface area contributed by atoms with Crippen molar-refractivity contribution in [2.24, 2.45) is 0 Å². The van der Waals surface area contributed by atoms with Crippen LogP contribution in [0.15, 0.2) is 50.9 Å². The van der Waals surface area contributed by atoms with Gasteiger partial charge < -0.3 is 10.1 Å². The van der Waals surface area contributed by atoms with E-state index in [1.807, 2.05) is 37.3 Å². The van der Waals surface area contributed by atoms with Gasteiger partial charge in [0.15, 0.2) is 0 Å². The number of benzene rings is 2. The summed E-state index contributed by atoms with van der Waals surface area (Å²) in [6, 6.07) is 12.9. The SMILES string of the molecule is COc1c(Br)cc(Br)cc1C=C(C#N)C(=O)Nc1ccccc1C. The molecule has 122 valence electrons. The zero-order valence-electron chi connectivity index (χ0n) is 13.1. The van der Waals surface area contributed by atoms with Crippen molar-refractivity contribution in [3.8, 4) is 11.8 Å². The van der Waals surface area contributed by atoms with Gasteiger partial charge in [-0.1, -0.05) is 34.1 Å². The molecule has 2 aromatic carbocycles. The first kappa shape index (κ1) is 18.2. The lowest BCUT2D eigenvalue weighted by atomic mass is 10.1. The number of hydrogen-bond donors (Lipinski definition) is 1. The Morgan fingerprint density at radius 3 is 2.62 bits per heavy atom. The fourth-order valence-electron chi connectivity index (χ4n) is 2.11. The van der Waals surface area contributed by atoms with Gasteiger partial charge >= 0.3 is 0 Å². The van der Waals surface area contributed by atoms with E-state index in [1.165, 1.54) is 13.2 Å². The van der Waals surface area contributed by atoms with Gasteiger partial charge in [0.2, 0.25) is 0 Å². The molecule has 0 aliphatic carbocycles. The molecular weight excluding hydrogens is 436 g/mol. The average molecular weight is 450 g/mol. The molecule has 0 saturated carbocycles. The number of methoxy groups -OCH3 is 1. The van der Waals surface area contributed by atoms with E-state index in [1.54, 1.807) is 12.1 Å². The van der Waals surface area contributed by atoms with Crippen molar-refractivity contribution < 1.29 is 9.53 Å². The predicted octanol–water partition coefficient (Wildman–Crippen LogP) is 5.07. The molecule has 0 unspecified atom stereocenters. The summed E-state index contributed by atoms with van der Waals surface area (Å²) in [6.45, 7) is 1.89. The van der Waals surface area contributed by atoms with Crippen LogP contribution in [-0.4, -0.2) is 13.0 Å². The molecule has 1 amide bonds. The zero-order chi connectivity index (χ0) is 17.7. The molecule has 0 heterocycles. The summed E-state index contributed by atoms with van der Waals surface area (Å²) in [4.78, 5) is 12.4. The van der Waals surface area contributed by atoms with Gasteiger partial charge in [0.1, 0.15) is 17.4 Å². The molecule has 0 aliphatic heterocycles. The maximum atomic E-state index is 12.4. The molecule has 0 bridgehead atoms. The Hall–Kier alpha value is -2.10. The maximum absolute atomic E-state index is 12.4. The Labute approximate surface area is 157 Å².